The van der Waals surface area contributed by atoms with Gasteiger partial charge in [-0.05, 0) is 47.6 Å². The molecule has 0 spiro atoms. The Bertz CT molecular complexity index is 381. The second-order valence-corrected chi connectivity index (χ2v) is 6.13. The largest absolute Gasteiger partial charge is 0.444 e. The number of allylic oxidation sites excluding steroid dienone is 1. The van der Waals surface area contributed by atoms with Crippen LogP contribution in [0.1, 0.15) is 41.5 Å². The van der Waals surface area contributed by atoms with Crippen LogP contribution in [-0.2, 0) is 14.3 Å². The average molecular weight is 269 g/mol. The van der Waals surface area contributed by atoms with E-state index in [0.29, 0.717) is 6.29 Å². The van der Waals surface area contributed by atoms with E-state index in [2.05, 4.69) is 0 Å². The molecule has 0 bridgehead atoms. The minimum absolute atomic E-state index is 0.196. The molecule has 0 N–H and O–H groups in total. The van der Waals surface area contributed by atoms with Crippen LogP contribution in [0.3, 0.4) is 0 Å². The number of rotatable bonds is 2. The molecule has 0 unspecified atom stereocenters. The number of ether oxygens (including phenoxy) is 2. The summed E-state index contributed by atoms with van der Waals surface area (Å²) in [6, 6.07) is -0.310. The Morgan fingerprint density at radius 2 is 1.95 bits per heavy atom. The van der Waals surface area contributed by atoms with E-state index in [9.17, 15) is 9.59 Å². The van der Waals surface area contributed by atoms with Crippen molar-refractivity contribution >= 4 is 12.4 Å². The maximum atomic E-state index is 12.3. The van der Waals surface area contributed by atoms with Crippen molar-refractivity contribution in [3.8, 4) is 0 Å². The second kappa shape index (κ2) is 5.33. The van der Waals surface area contributed by atoms with Gasteiger partial charge in [0.25, 0.3) is 0 Å². The van der Waals surface area contributed by atoms with Gasteiger partial charge in [-0.1, -0.05) is 6.08 Å². The maximum absolute atomic E-state index is 12.3. The molecule has 0 radical (unpaired) electrons. The average Bonchev–Trinajstić information content (AvgIpc) is 2.42. The van der Waals surface area contributed by atoms with Crippen molar-refractivity contribution in [2.24, 2.45) is 0 Å². The molecule has 1 rings (SSSR count). The van der Waals surface area contributed by atoms with Gasteiger partial charge in [-0.3, -0.25) is 9.69 Å². The van der Waals surface area contributed by atoms with E-state index in [1.807, 2.05) is 41.5 Å². The maximum Gasteiger partial charge on any atom is 0.413 e. The fourth-order valence-corrected chi connectivity index (χ4v) is 2.20. The Kier molecular flexibility index (Phi) is 4.40. The summed E-state index contributed by atoms with van der Waals surface area (Å²) in [5.41, 5.74) is -1.34. The van der Waals surface area contributed by atoms with Crippen molar-refractivity contribution < 1.29 is 19.1 Å². The van der Waals surface area contributed by atoms with E-state index in [-0.39, 0.29) is 12.1 Å². The van der Waals surface area contributed by atoms with Crippen LogP contribution in [0.25, 0.3) is 0 Å². The van der Waals surface area contributed by atoms with Gasteiger partial charge in [-0.2, -0.15) is 0 Å². The van der Waals surface area contributed by atoms with Crippen LogP contribution >= 0.6 is 0 Å². The zero-order valence-electron chi connectivity index (χ0n) is 12.5. The van der Waals surface area contributed by atoms with Crippen molar-refractivity contribution in [3.05, 3.63) is 12.2 Å². The van der Waals surface area contributed by atoms with Gasteiger partial charge >= 0.3 is 6.09 Å². The monoisotopic (exact) mass is 269 g/mol. The number of carbonyl (C=O) groups is 2. The van der Waals surface area contributed by atoms with Gasteiger partial charge in [0.05, 0.1) is 12.1 Å². The molecule has 0 aromatic heterocycles. The summed E-state index contributed by atoms with van der Waals surface area (Å²) in [4.78, 5) is 24.3. The summed E-state index contributed by atoms with van der Waals surface area (Å²) in [6.45, 7) is 10.9. The lowest BCUT2D eigenvalue weighted by Gasteiger charge is -2.34. The normalized spacial score (nSPS) is 26.7. The van der Waals surface area contributed by atoms with Gasteiger partial charge in [-0.15, -0.1) is 0 Å². The molecule has 19 heavy (non-hydrogen) atoms. The summed E-state index contributed by atoms with van der Waals surface area (Å²) in [7, 11) is 0. The summed E-state index contributed by atoms with van der Waals surface area (Å²) >= 11 is 0. The molecule has 0 aliphatic carbocycles. The highest BCUT2D eigenvalue weighted by molar-refractivity contribution is 5.71. The molecule has 5 heteroatoms. The first-order chi connectivity index (χ1) is 8.58. The molecule has 0 aromatic rings. The first-order valence-electron chi connectivity index (χ1n) is 6.40. The zero-order chi connectivity index (χ0) is 14.8. The first kappa shape index (κ1) is 15.7. The highest BCUT2D eigenvalue weighted by Crippen LogP contribution is 2.34. The Hall–Kier alpha value is -1.36. The zero-order valence-corrected chi connectivity index (χ0v) is 12.5. The van der Waals surface area contributed by atoms with E-state index in [1.54, 1.807) is 6.08 Å². The Morgan fingerprint density at radius 1 is 1.37 bits per heavy atom. The number of hydrogen-bond donors (Lipinski definition) is 0. The molecule has 1 amide bonds. The minimum Gasteiger partial charge on any atom is -0.444 e. The first-order valence-corrected chi connectivity index (χ1v) is 6.40. The van der Waals surface area contributed by atoms with Crippen LogP contribution in [0.2, 0.25) is 0 Å². The summed E-state index contributed by atoms with van der Waals surface area (Å²) in [5.74, 6) is 0. The molecule has 1 aliphatic heterocycles. The second-order valence-electron chi connectivity index (χ2n) is 6.13. The lowest BCUT2D eigenvalue weighted by atomic mass is 10.1. The van der Waals surface area contributed by atoms with Crippen molar-refractivity contribution in [2.45, 2.75) is 65.0 Å². The number of hydrogen-bond acceptors (Lipinski definition) is 4. The highest BCUT2D eigenvalue weighted by Gasteiger charge is 2.48. The Labute approximate surface area is 114 Å². The fourth-order valence-electron chi connectivity index (χ4n) is 2.20. The van der Waals surface area contributed by atoms with E-state index >= 15 is 0 Å². The summed E-state index contributed by atoms with van der Waals surface area (Å²) in [6.07, 6.45) is 3.09. The third-order valence-corrected chi connectivity index (χ3v) is 2.81. The van der Waals surface area contributed by atoms with Crippen molar-refractivity contribution in [1.82, 2.24) is 4.90 Å². The lowest BCUT2D eigenvalue weighted by molar-refractivity contribution is -0.104. The molecule has 108 valence electrons. The molecular formula is C14H23NO4. The predicted molar refractivity (Wildman–Crippen MR) is 71.7 cm³/mol. The van der Waals surface area contributed by atoms with Gasteiger partial charge in [0.2, 0.25) is 0 Å². The van der Waals surface area contributed by atoms with Crippen molar-refractivity contribution in [2.75, 3.05) is 0 Å². The van der Waals surface area contributed by atoms with Crippen LogP contribution in [0, 0.1) is 0 Å². The lowest BCUT2D eigenvalue weighted by Crippen LogP contribution is -2.49. The van der Waals surface area contributed by atoms with Crippen LogP contribution in [0.4, 0.5) is 4.79 Å². The molecule has 1 saturated heterocycles. The topological polar surface area (TPSA) is 55.8 Å². The molecule has 2 atom stereocenters. The Morgan fingerprint density at radius 3 is 2.42 bits per heavy atom. The van der Waals surface area contributed by atoms with Crippen molar-refractivity contribution in [3.63, 3.8) is 0 Å². The quantitative estimate of drug-likeness (QED) is 0.571. The molecule has 1 aliphatic rings. The molecule has 0 aromatic carbocycles. The molecule has 0 saturated carbocycles. The Balaban J connectivity index is 3.00. The van der Waals surface area contributed by atoms with Crippen LogP contribution < -0.4 is 0 Å². The molecule has 1 fully saturated rings. The SMILES string of the molecule is C[C@@H]1OC(C)(C)N(C(=O)OC(C)(C)C)[C@H]1/C=C/C=O. The standard InChI is InChI=1S/C14H23NO4/c1-10-11(8-7-9-16)15(14(5,6)18-10)12(17)19-13(2,3)4/h7-11H,1-6H3/b8-7+/t10-,11-/m0/s1. The number of nitrogens with zero attached hydrogens (tertiary/aromatic N) is 1. The summed E-state index contributed by atoms with van der Waals surface area (Å²) < 4.78 is 11.2. The van der Waals surface area contributed by atoms with Gasteiger partial charge in [0, 0.05) is 0 Å². The molecule has 1 heterocycles. The third-order valence-electron chi connectivity index (χ3n) is 2.81. The summed E-state index contributed by atoms with van der Waals surface area (Å²) in [5, 5.41) is 0. The number of carbonyl (C=O) groups excluding carboxylic acids is 2. The minimum atomic E-state index is -0.764. The van der Waals surface area contributed by atoms with E-state index < -0.39 is 17.4 Å². The molecular weight excluding hydrogens is 246 g/mol. The molecule has 5 nitrogen and oxygen atoms in total. The number of amides is 1. The van der Waals surface area contributed by atoms with E-state index in [4.69, 9.17) is 9.47 Å². The van der Waals surface area contributed by atoms with Crippen molar-refractivity contribution in [1.29, 1.82) is 0 Å². The van der Waals surface area contributed by atoms with Gasteiger partial charge in [0.15, 0.2) is 0 Å². The number of aldehydes is 1. The van der Waals surface area contributed by atoms with Gasteiger partial charge in [-0.25, -0.2) is 4.79 Å². The van der Waals surface area contributed by atoms with Crippen LogP contribution in [0.15, 0.2) is 12.2 Å². The third kappa shape index (κ3) is 3.80. The van der Waals surface area contributed by atoms with E-state index in [1.165, 1.54) is 11.0 Å². The van der Waals surface area contributed by atoms with Gasteiger partial charge < -0.3 is 9.47 Å². The van der Waals surface area contributed by atoms with Crippen LogP contribution in [-0.4, -0.2) is 40.8 Å². The van der Waals surface area contributed by atoms with Crippen LogP contribution in [0.5, 0.6) is 0 Å². The predicted octanol–water partition coefficient (Wildman–Crippen LogP) is 2.50. The smallest absolute Gasteiger partial charge is 0.413 e. The highest BCUT2D eigenvalue weighted by atomic mass is 16.6. The van der Waals surface area contributed by atoms with Gasteiger partial charge in [0.1, 0.15) is 17.6 Å². The fraction of sp³-hybridized carbons (Fsp3) is 0.714. The van der Waals surface area contributed by atoms with E-state index in [0.717, 1.165) is 0 Å².